The van der Waals surface area contributed by atoms with Crippen LogP contribution in [0.4, 0.5) is 4.79 Å². The maximum absolute atomic E-state index is 13.3. The number of rotatable bonds is 5. The first-order valence-electron chi connectivity index (χ1n) is 10.2. The lowest BCUT2D eigenvalue weighted by Gasteiger charge is -2.37. The molecule has 0 aromatic heterocycles. The lowest BCUT2D eigenvalue weighted by Crippen LogP contribution is -2.55. The molecule has 0 saturated carbocycles. The van der Waals surface area contributed by atoms with Crippen molar-refractivity contribution in [2.75, 3.05) is 52.4 Å². The van der Waals surface area contributed by atoms with Crippen molar-refractivity contribution in [1.82, 2.24) is 19.0 Å². The summed E-state index contributed by atoms with van der Waals surface area (Å²) in [6.45, 7) is 7.43. The number of carbonyl (C=O) groups excluding carboxylic acids is 2. The number of carbonyl (C=O) groups is 2. The normalized spacial score (nSPS) is 18.1. The van der Waals surface area contributed by atoms with Crippen LogP contribution in [0.5, 0.6) is 0 Å². The monoisotopic (exact) mass is 422 g/mol. The number of benzene rings is 1. The Morgan fingerprint density at radius 3 is 2.03 bits per heavy atom. The fraction of sp³-hybridized carbons (Fsp3) is 0.600. The average molecular weight is 423 g/mol. The number of amides is 3. The van der Waals surface area contributed by atoms with Crippen LogP contribution in [0.3, 0.4) is 0 Å². The molecule has 0 atom stereocenters. The molecular weight excluding hydrogens is 392 g/mol. The third kappa shape index (κ3) is 5.08. The van der Waals surface area contributed by atoms with Gasteiger partial charge in [0.2, 0.25) is 5.91 Å². The Balaban J connectivity index is 1.79. The number of piperazine rings is 1. The number of sulfonamides is 1. The summed E-state index contributed by atoms with van der Waals surface area (Å²) in [4.78, 5) is 30.3. The number of hydrogen-bond donors (Lipinski definition) is 0. The van der Waals surface area contributed by atoms with E-state index < -0.39 is 16.1 Å². The lowest BCUT2D eigenvalue weighted by molar-refractivity contribution is -0.130. The second-order valence-corrected chi connectivity index (χ2v) is 9.58. The lowest BCUT2D eigenvalue weighted by atomic mass is 10.2. The summed E-state index contributed by atoms with van der Waals surface area (Å²) >= 11 is 0. The van der Waals surface area contributed by atoms with Crippen LogP contribution in [0.1, 0.15) is 25.3 Å². The SMILES string of the molecule is CC(=O)N1CCN(C(=O)N(CCN2CCCC2)S(=O)(=O)c2ccc(C)cc2)CC1. The number of hydrogen-bond acceptors (Lipinski definition) is 5. The molecule has 2 aliphatic heterocycles. The van der Waals surface area contributed by atoms with Gasteiger partial charge in [0.05, 0.1) is 11.4 Å². The van der Waals surface area contributed by atoms with Gasteiger partial charge in [-0.25, -0.2) is 17.5 Å². The van der Waals surface area contributed by atoms with Crippen LogP contribution in [-0.4, -0.2) is 91.7 Å². The average Bonchev–Trinajstić information content (AvgIpc) is 3.22. The summed E-state index contributed by atoms with van der Waals surface area (Å²) in [5.41, 5.74) is 0.958. The van der Waals surface area contributed by atoms with E-state index in [1.807, 2.05) is 6.92 Å². The van der Waals surface area contributed by atoms with Crippen molar-refractivity contribution in [3.05, 3.63) is 29.8 Å². The van der Waals surface area contributed by atoms with Crippen molar-refractivity contribution >= 4 is 22.0 Å². The number of urea groups is 1. The molecule has 2 heterocycles. The number of nitrogens with zero attached hydrogens (tertiary/aromatic N) is 4. The van der Waals surface area contributed by atoms with Crippen LogP contribution in [0.2, 0.25) is 0 Å². The Kier molecular flexibility index (Phi) is 6.79. The van der Waals surface area contributed by atoms with Crippen molar-refractivity contribution in [3.8, 4) is 0 Å². The minimum Gasteiger partial charge on any atom is -0.339 e. The van der Waals surface area contributed by atoms with Crippen LogP contribution in [0, 0.1) is 6.92 Å². The second kappa shape index (κ2) is 9.13. The van der Waals surface area contributed by atoms with E-state index in [0.717, 1.165) is 35.8 Å². The maximum atomic E-state index is 13.3. The van der Waals surface area contributed by atoms with Gasteiger partial charge in [0, 0.05) is 39.6 Å². The molecule has 1 aromatic rings. The molecule has 3 amide bonds. The Morgan fingerprint density at radius 2 is 1.48 bits per heavy atom. The van der Waals surface area contributed by atoms with E-state index in [4.69, 9.17) is 0 Å². The first-order valence-corrected chi connectivity index (χ1v) is 11.6. The number of aryl methyl sites for hydroxylation is 1. The van der Waals surface area contributed by atoms with Crippen LogP contribution >= 0.6 is 0 Å². The fourth-order valence-electron chi connectivity index (χ4n) is 3.76. The first kappa shape index (κ1) is 21.6. The van der Waals surface area contributed by atoms with Gasteiger partial charge >= 0.3 is 6.03 Å². The predicted octanol–water partition coefficient (Wildman–Crippen LogP) is 1.37. The summed E-state index contributed by atoms with van der Waals surface area (Å²) in [6.07, 6.45) is 2.21. The summed E-state index contributed by atoms with van der Waals surface area (Å²) < 4.78 is 27.6. The molecule has 0 bridgehead atoms. The Morgan fingerprint density at radius 1 is 0.931 bits per heavy atom. The molecule has 160 valence electrons. The molecule has 9 heteroatoms. The van der Waals surface area contributed by atoms with E-state index in [-0.39, 0.29) is 17.3 Å². The molecule has 0 unspecified atom stereocenters. The van der Waals surface area contributed by atoms with Crippen molar-refractivity contribution in [2.45, 2.75) is 31.6 Å². The molecule has 0 spiro atoms. The molecule has 0 aliphatic carbocycles. The smallest absolute Gasteiger partial charge is 0.334 e. The topological polar surface area (TPSA) is 81.2 Å². The number of likely N-dealkylation sites (tertiary alicyclic amines) is 1. The van der Waals surface area contributed by atoms with Gasteiger partial charge < -0.3 is 14.7 Å². The standard InChI is InChI=1S/C20H30N4O4S/c1-17-5-7-19(8-6-17)29(27,28)24(16-11-21-9-3-4-10-21)20(26)23-14-12-22(13-15-23)18(2)25/h5-8H,3-4,9-16H2,1-2H3. The van der Waals surface area contributed by atoms with E-state index >= 15 is 0 Å². The Bertz CT molecular complexity index is 827. The third-order valence-electron chi connectivity index (χ3n) is 5.64. The van der Waals surface area contributed by atoms with Crippen molar-refractivity contribution in [3.63, 3.8) is 0 Å². The molecule has 2 aliphatic rings. The Labute approximate surface area is 173 Å². The third-order valence-corrected chi connectivity index (χ3v) is 7.42. The van der Waals surface area contributed by atoms with Crippen molar-refractivity contribution in [1.29, 1.82) is 0 Å². The zero-order chi connectivity index (χ0) is 21.0. The van der Waals surface area contributed by atoms with Gasteiger partial charge in [-0.2, -0.15) is 0 Å². The van der Waals surface area contributed by atoms with Gasteiger partial charge in [-0.1, -0.05) is 17.7 Å². The van der Waals surface area contributed by atoms with Gasteiger partial charge in [-0.3, -0.25) is 4.79 Å². The molecule has 1 aromatic carbocycles. The molecular formula is C20H30N4O4S. The summed E-state index contributed by atoms with van der Waals surface area (Å²) in [5.74, 6) is -0.0322. The largest absolute Gasteiger partial charge is 0.339 e. The van der Waals surface area contributed by atoms with E-state index in [9.17, 15) is 18.0 Å². The summed E-state index contributed by atoms with van der Waals surface area (Å²) in [6, 6.07) is 6.07. The molecule has 2 saturated heterocycles. The second-order valence-electron chi connectivity index (χ2n) is 7.71. The summed E-state index contributed by atoms with van der Waals surface area (Å²) in [5, 5.41) is 0. The zero-order valence-electron chi connectivity index (χ0n) is 17.2. The fourth-order valence-corrected chi connectivity index (χ4v) is 5.14. The molecule has 8 nitrogen and oxygen atoms in total. The maximum Gasteiger partial charge on any atom is 0.334 e. The van der Waals surface area contributed by atoms with Gasteiger partial charge in [0.1, 0.15) is 0 Å². The van der Waals surface area contributed by atoms with Gasteiger partial charge in [0.15, 0.2) is 0 Å². The minimum atomic E-state index is -3.95. The molecule has 2 fully saturated rings. The van der Waals surface area contributed by atoms with Crippen LogP contribution in [0.25, 0.3) is 0 Å². The minimum absolute atomic E-state index is 0.0322. The van der Waals surface area contributed by atoms with Gasteiger partial charge in [-0.05, 0) is 45.0 Å². The highest BCUT2D eigenvalue weighted by Gasteiger charge is 2.34. The highest BCUT2D eigenvalue weighted by Crippen LogP contribution is 2.20. The van der Waals surface area contributed by atoms with Gasteiger partial charge in [-0.15, -0.1) is 0 Å². The summed E-state index contributed by atoms with van der Waals surface area (Å²) in [7, 11) is -3.95. The highest BCUT2D eigenvalue weighted by atomic mass is 32.2. The highest BCUT2D eigenvalue weighted by molar-refractivity contribution is 7.89. The van der Waals surface area contributed by atoms with Crippen molar-refractivity contribution in [2.24, 2.45) is 0 Å². The zero-order valence-corrected chi connectivity index (χ0v) is 18.0. The van der Waals surface area contributed by atoms with Crippen molar-refractivity contribution < 1.29 is 18.0 Å². The van der Waals surface area contributed by atoms with E-state index in [2.05, 4.69) is 4.90 Å². The van der Waals surface area contributed by atoms with Crippen LogP contribution in [0.15, 0.2) is 29.2 Å². The molecule has 3 rings (SSSR count). The first-order chi connectivity index (χ1) is 13.8. The molecule has 29 heavy (non-hydrogen) atoms. The van der Waals surface area contributed by atoms with E-state index in [1.165, 1.54) is 11.8 Å². The van der Waals surface area contributed by atoms with E-state index in [0.29, 0.717) is 32.7 Å². The van der Waals surface area contributed by atoms with Gasteiger partial charge in [0.25, 0.3) is 10.0 Å². The molecule has 0 radical (unpaired) electrons. The molecule has 0 N–H and O–H groups in total. The van der Waals surface area contributed by atoms with Crippen LogP contribution < -0.4 is 0 Å². The Hall–Kier alpha value is -2.13. The van der Waals surface area contributed by atoms with E-state index in [1.54, 1.807) is 29.2 Å². The van der Waals surface area contributed by atoms with Crippen LogP contribution in [-0.2, 0) is 14.8 Å². The quantitative estimate of drug-likeness (QED) is 0.716. The predicted molar refractivity (Wildman–Crippen MR) is 110 cm³/mol.